The zero-order valence-electron chi connectivity index (χ0n) is 9.10. The maximum atomic E-state index is 11.8. The first-order valence-corrected chi connectivity index (χ1v) is 7.23. The van der Waals surface area contributed by atoms with Crippen molar-refractivity contribution < 1.29 is 13.3 Å². The molecule has 0 bridgehead atoms. The fourth-order valence-electron chi connectivity index (χ4n) is 1.74. The Morgan fingerprint density at radius 2 is 2.12 bits per heavy atom. The molecule has 5 nitrogen and oxygen atoms in total. The van der Waals surface area contributed by atoms with Gasteiger partial charge in [-0.1, -0.05) is 29.3 Å². The molecule has 0 radical (unpaired) electrons. The van der Waals surface area contributed by atoms with Crippen LogP contribution in [0.2, 0.25) is 5.15 Å². The molecule has 0 aromatic carbocycles. The van der Waals surface area contributed by atoms with Crippen LogP contribution >= 0.6 is 11.6 Å². The van der Waals surface area contributed by atoms with Gasteiger partial charge in [-0.15, -0.1) is 0 Å². The number of rotatable bonds is 4. The number of pyridine rings is 1. The highest BCUT2D eigenvalue weighted by Crippen LogP contribution is 2.21. The Kier molecular flexibility index (Phi) is 3.98. The summed E-state index contributed by atoms with van der Waals surface area (Å²) >= 11 is 5.63. The van der Waals surface area contributed by atoms with Crippen LogP contribution in [0.3, 0.4) is 0 Å². The molecule has 1 heterocycles. The van der Waals surface area contributed by atoms with Crippen LogP contribution in [-0.4, -0.2) is 19.5 Å². The predicted molar refractivity (Wildman–Crippen MR) is 62.9 cm³/mol. The molecule has 94 valence electrons. The van der Waals surface area contributed by atoms with Crippen LogP contribution in [0.5, 0.6) is 0 Å². The molecule has 7 heteroatoms. The zero-order chi connectivity index (χ0) is 12.3. The molecule has 0 saturated heterocycles. The average Bonchev–Trinajstić information content (AvgIpc) is 2.79. The Bertz CT molecular complexity index is 486. The summed E-state index contributed by atoms with van der Waals surface area (Å²) in [6.07, 6.45) is 5.24. The molecule has 0 atom stereocenters. The van der Waals surface area contributed by atoms with Crippen molar-refractivity contribution >= 4 is 21.6 Å². The van der Waals surface area contributed by atoms with Crippen LogP contribution in [0.15, 0.2) is 23.2 Å². The van der Waals surface area contributed by atoms with E-state index in [4.69, 9.17) is 16.4 Å². The van der Waals surface area contributed by atoms with Gasteiger partial charge in [0, 0.05) is 6.20 Å². The molecule has 1 N–H and O–H groups in total. The molecule has 1 saturated carbocycles. The van der Waals surface area contributed by atoms with Crippen LogP contribution < -0.4 is 4.89 Å². The predicted octanol–water partition coefficient (Wildman–Crippen LogP) is 1.89. The Labute approximate surface area is 105 Å². The Morgan fingerprint density at radius 3 is 2.76 bits per heavy atom. The molecule has 1 aliphatic carbocycles. The maximum Gasteiger partial charge on any atom is 0.262 e. The van der Waals surface area contributed by atoms with Gasteiger partial charge in [0.1, 0.15) is 5.15 Å². The quantitative estimate of drug-likeness (QED) is 0.673. The second-order valence-electron chi connectivity index (χ2n) is 3.93. The molecule has 2 rings (SSSR count). The molecule has 17 heavy (non-hydrogen) atoms. The molecule has 0 spiro atoms. The van der Waals surface area contributed by atoms with Crippen molar-refractivity contribution in [1.29, 1.82) is 0 Å². The Morgan fingerprint density at radius 1 is 1.41 bits per heavy atom. The normalized spacial score (nSPS) is 17.5. The van der Waals surface area contributed by atoms with Gasteiger partial charge < -0.3 is 0 Å². The van der Waals surface area contributed by atoms with Gasteiger partial charge >= 0.3 is 0 Å². The van der Waals surface area contributed by atoms with E-state index in [2.05, 4.69) is 9.87 Å². The molecular weight excluding hydrogens is 264 g/mol. The summed E-state index contributed by atoms with van der Waals surface area (Å²) in [5, 5.41) is 0.133. The topological polar surface area (TPSA) is 68.3 Å². The van der Waals surface area contributed by atoms with Gasteiger partial charge in [0.05, 0.1) is 11.0 Å². The molecule has 0 aliphatic heterocycles. The summed E-state index contributed by atoms with van der Waals surface area (Å²) in [5.74, 6) is 0. The number of nitrogens with one attached hydrogen (secondary N) is 1. The lowest BCUT2D eigenvalue weighted by atomic mass is 10.3. The van der Waals surface area contributed by atoms with E-state index in [1.165, 1.54) is 18.3 Å². The number of sulfonamides is 1. The smallest absolute Gasteiger partial charge is 0.262 e. The molecule has 1 fully saturated rings. The van der Waals surface area contributed by atoms with Crippen molar-refractivity contribution in [3.05, 3.63) is 23.5 Å². The van der Waals surface area contributed by atoms with Gasteiger partial charge in [-0.05, 0) is 25.0 Å². The van der Waals surface area contributed by atoms with E-state index in [0.29, 0.717) is 0 Å². The minimum absolute atomic E-state index is 0.0258. The first-order valence-electron chi connectivity index (χ1n) is 5.37. The summed E-state index contributed by atoms with van der Waals surface area (Å²) in [7, 11) is -3.67. The minimum Gasteiger partial charge on any atom is -0.284 e. The van der Waals surface area contributed by atoms with Crippen LogP contribution in [-0.2, 0) is 14.9 Å². The summed E-state index contributed by atoms with van der Waals surface area (Å²) in [4.78, 5) is 11.1. The van der Waals surface area contributed by atoms with Crippen molar-refractivity contribution in [3.63, 3.8) is 0 Å². The Balaban J connectivity index is 2.03. The lowest BCUT2D eigenvalue weighted by Crippen LogP contribution is -2.28. The number of nitrogens with zero attached hydrogens (tertiary/aromatic N) is 1. The summed E-state index contributed by atoms with van der Waals surface area (Å²) < 4.78 is 23.6. The molecule has 1 aromatic heterocycles. The number of aromatic nitrogens is 1. The molecular formula is C10H13ClN2O3S. The highest BCUT2D eigenvalue weighted by atomic mass is 35.5. The summed E-state index contributed by atoms with van der Waals surface area (Å²) in [5.41, 5.74) is 0. The third-order valence-corrected chi connectivity index (χ3v) is 4.03. The van der Waals surface area contributed by atoms with Crippen LogP contribution in [0, 0.1) is 0 Å². The third-order valence-electron chi connectivity index (χ3n) is 2.64. The van der Waals surface area contributed by atoms with Gasteiger partial charge in [-0.25, -0.2) is 13.4 Å². The van der Waals surface area contributed by atoms with E-state index >= 15 is 0 Å². The number of hydrogen-bond acceptors (Lipinski definition) is 4. The highest BCUT2D eigenvalue weighted by Gasteiger charge is 2.20. The largest absolute Gasteiger partial charge is 0.284 e. The highest BCUT2D eigenvalue weighted by molar-refractivity contribution is 7.89. The number of hydrogen-bond donors (Lipinski definition) is 1. The van der Waals surface area contributed by atoms with Crippen molar-refractivity contribution in [2.75, 3.05) is 0 Å². The molecule has 0 amide bonds. The van der Waals surface area contributed by atoms with E-state index in [1.54, 1.807) is 0 Å². The lowest BCUT2D eigenvalue weighted by molar-refractivity contribution is 0.0223. The standard InChI is InChI=1S/C10H13ClN2O3S/c11-10-7-9(5-6-12-10)17(14,15)13-16-8-3-1-2-4-8/h5-8,13H,1-4H2. The van der Waals surface area contributed by atoms with E-state index in [0.717, 1.165) is 25.7 Å². The minimum atomic E-state index is -3.67. The van der Waals surface area contributed by atoms with Gasteiger partial charge in [0.15, 0.2) is 0 Å². The SMILES string of the molecule is O=S(=O)(NOC1CCCC1)c1ccnc(Cl)c1. The zero-order valence-corrected chi connectivity index (χ0v) is 10.7. The monoisotopic (exact) mass is 276 g/mol. The van der Waals surface area contributed by atoms with Gasteiger partial charge in [0.25, 0.3) is 10.0 Å². The van der Waals surface area contributed by atoms with E-state index in [9.17, 15) is 8.42 Å². The fraction of sp³-hybridized carbons (Fsp3) is 0.500. The molecule has 1 aliphatic rings. The van der Waals surface area contributed by atoms with E-state index < -0.39 is 10.0 Å². The van der Waals surface area contributed by atoms with Gasteiger partial charge in [-0.3, -0.25) is 4.84 Å². The van der Waals surface area contributed by atoms with Crippen LogP contribution in [0.25, 0.3) is 0 Å². The van der Waals surface area contributed by atoms with Crippen molar-refractivity contribution in [2.24, 2.45) is 0 Å². The average molecular weight is 277 g/mol. The van der Waals surface area contributed by atoms with Crippen molar-refractivity contribution in [2.45, 2.75) is 36.7 Å². The van der Waals surface area contributed by atoms with Gasteiger partial charge in [0.2, 0.25) is 0 Å². The van der Waals surface area contributed by atoms with E-state index in [1.807, 2.05) is 0 Å². The maximum absolute atomic E-state index is 11.8. The molecule has 1 aromatic rings. The van der Waals surface area contributed by atoms with Crippen molar-refractivity contribution in [1.82, 2.24) is 9.87 Å². The second-order valence-corrected chi connectivity index (χ2v) is 5.96. The van der Waals surface area contributed by atoms with Crippen molar-refractivity contribution in [3.8, 4) is 0 Å². The van der Waals surface area contributed by atoms with Crippen LogP contribution in [0.1, 0.15) is 25.7 Å². The molecule has 0 unspecified atom stereocenters. The Hall–Kier alpha value is -0.690. The fourth-order valence-corrected chi connectivity index (χ4v) is 2.84. The number of halogens is 1. The summed E-state index contributed by atoms with van der Waals surface area (Å²) in [6, 6.07) is 2.65. The van der Waals surface area contributed by atoms with Crippen LogP contribution in [0.4, 0.5) is 0 Å². The first-order chi connectivity index (χ1) is 8.08. The van der Waals surface area contributed by atoms with E-state index in [-0.39, 0.29) is 16.2 Å². The van der Waals surface area contributed by atoms with Gasteiger partial charge in [-0.2, -0.15) is 0 Å². The second kappa shape index (κ2) is 5.30. The lowest BCUT2D eigenvalue weighted by Gasteiger charge is -2.11. The first kappa shape index (κ1) is 12.8. The summed E-state index contributed by atoms with van der Waals surface area (Å²) in [6.45, 7) is 0. The third kappa shape index (κ3) is 3.38.